The van der Waals surface area contributed by atoms with Gasteiger partial charge in [-0.3, -0.25) is 19.4 Å². The molecule has 0 saturated heterocycles. The molecule has 2 aromatic heterocycles. The summed E-state index contributed by atoms with van der Waals surface area (Å²) in [6, 6.07) is 29.7. The number of sulfonamides is 2. The van der Waals surface area contributed by atoms with Crippen molar-refractivity contribution in [3.05, 3.63) is 135 Å². The first kappa shape index (κ1) is 47.8. The van der Waals surface area contributed by atoms with Gasteiger partial charge >= 0.3 is 0 Å². The molecule has 2 atom stereocenters. The highest BCUT2D eigenvalue weighted by Gasteiger charge is 2.35. The summed E-state index contributed by atoms with van der Waals surface area (Å²) in [6.45, 7) is 7.49. The Labute approximate surface area is 395 Å². The number of aromatic nitrogens is 4. The number of nitrogens with one attached hydrogen (secondary N) is 2. The molecule has 0 saturated carbocycles. The number of primary sulfonamides is 2. The Morgan fingerprint density at radius 2 is 1.01 bits per heavy atom. The molecule has 0 spiro atoms. The standard InChI is InChI=1S/2C16H16ClN3O3S.C12H11N7/c2*1-9-5-3-4-6-14(9)20-10(2)19-13-8-12(17)15(24(18,22)23)7-11(13)16(20)21;13-9-7(6-4-2-1-3-5-6)16-8-10(14)18-12(15)19-11(8)17-9/h2*3-8,10,19H,1-2H3,(H2,18,22,23);1-5H,(H6,13,14,15,17,18,19). The Morgan fingerprint density at radius 3 is 1.45 bits per heavy atom. The number of fused-ring (bicyclic) bond motifs is 3. The van der Waals surface area contributed by atoms with Crippen LogP contribution in [0.2, 0.25) is 10.0 Å². The van der Waals surface area contributed by atoms with E-state index in [0.29, 0.717) is 28.2 Å². The number of carbonyl (C=O) groups is 2. The molecule has 2 unspecified atom stereocenters. The van der Waals surface area contributed by atoms with Gasteiger partial charge in [0.2, 0.25) is 26.0 Å². The minimum atomic E-state index is -4.02. The molecule has 19 nitrogen and oxygen atoms in total. The third kappa shape index (κ3) is 9.87. The molecule has 12 N–H and O–H groups in total. The number of nitrogens with zero attached hydrogens (tertiary/aromatic N) is 6. The average molecular weight is 985 g/mol. The van der Waals surface area contributed by atoms with Crippen molar-refractivity contribution in [1.29, 1.82) is 0 Å². The SMILES string of the molecule is Cc1ccccc1N1C(=O)c2cc(S(N)(=O)=O)c(Cl)cc2NC1C.Cc1ccccc1N1C(=O)c2cc(S(N)(=O)=O)c(Cl)cc2NC1C.Nc1nc(N)c2nc(-c3ccccc3)c(N)nc2n1. The molecule has 9 rings (SSSR count). The maximum absolute atomic E-state index is 13.0. The number of halogens is 2. The third-order valence-electron chi connectivity index (χ3n) is 10.6. The Bertz CT molecular complexity index is 3190. The van der Waals surface area contributed by atoms with Crippen LogP contribution in [0.15, 0.2) is 113 Å². The van der Waals surface area contributed by atoms with Gasteiger partial charge in [0.25, 0.3) is 11.8 Å². The van der Waals surface area contributed by atoms with E-state index in [4.69, 9.17) is 50.7 Å². The van der Waals surface area contributed by atoms with Crippen molar-refractivity contribution in [2.24, 2.45) is 10.3 Å². The van der Waals surface area contributed by atoms with E-state index in [-0.39, 0.29) is 72.7 Å². The molecule has 2 aliphatic heterocycles. The molecule has 4 heterocycles. The second kappa shape index (κ2) is 18.6. The molecule has 5 aromatic carbocycles. The van der Waals surface area contributed by atoms with E-state index < -0.39 is 20.0 Å². The van der Waals surface area contributed by atoms with E-state index >= 15 is 0 Å². The molecule has 2 amide bonds. The molecule has 0 radical (unpaired) electrons. The number of amides is 2. The first-order valence-electron chi connectivity index (χ1n) is 20.0. The lowest BCUT2D eigenvalue weighted by Gasteiger charge is -2.37. The lowest BCUT2D eigenvalue weighted by molar-refractivity contribution is 0.0968. The summed E-state index contributed by atoms with van der Waals surface area (Å²) in [5.74, 6) is -0.117. The highest BCUT2D eigenvalue weighted by atomic mass is 35.5. The molecule has 23 heteroatoms. The van der Waals surface area contributed by atoms with Gasteiger partial charge in [0, 0.05) is 16.9 Å². The summed E-state index contributed by atoms with van der Waals surface area (Å²) in [7, 11) is -8.05. The van der Waals surface area contributed by atoms with Crippen molar-refractivity contribution in [2.45, 2.75) is 49.8 Å². The smallest absolute Gasteiger partial charge is 0.262 e. The maximum Gasteiger partial charge on any atom is 0.262 e. The minimum absolute atomic E-state index is 0.0203. The Hall–Kier alpha value is -7.14. The van der Waals surface area contributed by atoms with Crippen LogP contribution >= 0.6 is 23.2 Å². The second-order valence-corrected chi connectivity index (χ2v) is 19.1. The maximum atomic E-state index is 13.0. The van der Waals surface area contributed by atoms with Gasteiger partial charge in [-0.25, -0.2) is 37.1 Å². The van der Waals surface area contributed by atoms with E-state index in [2.05, 4.69) is 30.6 Å². The molecule has 346 valence electrons. The van der Waals surface area contributed by atoms with Gasteiger partial charge in [-0.15, -0.1) is 0 Å². The van der Waals surface area contributed by atoms with Crippen LogP contribution in [0.5, 0.6) is 0 Å². The van der Waals surface area contributed by atoms with Gasteiger partial charge in [0.1, 0.15) is 27.8 Å². The molecule has 2 aliphatic rings. The summed E-state index contributed by atoms with van der Waals surface area (Å²) in [5.41, 5.74) is 24.0. The minimum Gasteiger partial charge on any atom is -0.382 e. The molecule has 7 aromatic rings. The first-order chi connectivity index (χ1) is 31.5. The van der Waals surface area contributed by atoms with Gasteiger partial charge in [-0.1, -0.05) is 89.9 Å². The summed E-state index contributed by atoms with van der Waals surface area (Å²) in [6.07, 6.45) is -0.634. The molecule has 0 aliphatic carbocycles. The number of nitrogens with two attached hydrogens (primary N) is 5. The average Bonchev–Trinajstić information content (AvgIpc) is 3.24. The predicted octanol–water partition coefficient (Wildman–Crippen LogP) is 6.26. The molecule has 0 bridgehead atoms. The van der Waals surface area contributed by atoms with Crippen LogP contribution in [0.25, 0.3) is 22.4 Å². The van der Waals surface area contributed by atoms with Crippen molar-refractivity contribution >= 4 is 107 Å². The van der Waals surface area contributed by atoms with E-state index in [1.807, 2.05) is 107 Å². The van der Waals surface area contributed by atoms with E-state index in [9.17, 15) is 26.4 Å². The van der Waals surface area contributed by atoms with E-state index in [0.717, 1.165) is 28.1 Å². The predicted molar refractivity (Wildman–Crippen MR) is 262 cm³/mol. The Morgan fingerprint density at radius 1 is 0.582 bits per heavy atom. The normalized spacial score (nSPS) is 15.5. The first-order valence-corrected chi connectivity index (χ1v) is 23.9. The monoisotopic (exact) mass is 983 g/mol. The van der Waals surface area contributed by atoms with Crippen LogP contribution < -0.4 is 47.9 Å². The summed E-state index contributed by atoms with van der Waals surface area (Å²) < 4.78 is 46.7. The summed E-state index contributed by atoms with van der Waals surface area (Å²) in [4.78, 5) is 45.0. The zero-order valence-electron chi connectivity index (χ0n) is 36.1. The van der Waals surface area contributed by atoms with Gasteiger partial charge in [-0.05, 0) is 75.2 Å². The zero-order chi connectivity index (χ0) is 48.7. The van der Waals surface area contributed by atoms with Crippen LogP contribution in [-0.2, 0) is 20.0 Å². The van der Waals surface area contributed by atoms with Crippen LogP contribution in [0, 0.1) is 13.8 Å². The number of aryl methyl sites for hydroxylation is 2. The number of hydrogen-bond donors (Lipinski definition) is 7. The quantitative estimate of drug-likeness (QED) is 0.100. The van der Waals surface area contributed by atoms with E-state index in [1.165, 1.54) is 24.3 Å². The summed E-state index contributed by atoms with van der Waals surface area (Å²) in [5, 5.41) is 16.7. The molecule has 0 fully saturated rings. The van der Waals surface area contributed by atoms with Gasteiger partial charge in [-0.2, -0.15) is 9.97 Å². The lowest BCUT2D eigenvalue weighted by Crippen LogP contribution is -2.47. The van der Waals surface area contributed by atoms with Crippen molar-refractivity contribution < 1.29 is 26.4 Å². The number of hydrogen-bond acceptors (Lipinski definition) is 15. The number of nitrogen functional groups attached to an aromatic ring is 3. The zero-order valence-corrected chi connectivity index (χ0v) is 39.2. The van der Waals surface area contributed by atoms with Gasteiger partial charge in [0.15, 0.2) is 22.8 Å². The fourth-order valence-electron chi connectivity index (χ4n) is 7.44. The van der Waals surface area contributed by atoms with Gasteiger partial charge in [0.05, 0.1) is 32.5 Å². The second-order valence-electron chi connectivity index (χ2n) is 15.3. The number of benzene rings is 5. The van der Waals surface area contributed by atoms with Crippen molar-refractivity contribution in [1.82, 2.24) is 19.9 Å². The van der Waals surface area contributed by atoms with E-state index in [1.54, 1.807) is 9.80 Å². The number of rotatable bonds is 5. The highest BCUT2D eigenvalue weighted by Crippen LogP contribution is 2.37. The highest BCUT2D eigenvalue weighted by molar-refractivity contribution is 7.89. The van der Waals surface area contributed by atoms with Gasteiger partial charge < -0.3 is 27.8 Å². The topological polar surface area (TPSA) is 315 Å². The fraction of sp³-hybridized carbons (Fsp3) is 0.136. The fourth-order valence-corrected chi connectivity index (χ4v) is 9.63. The number of para-hydroxylation sites is 2. The largest absolute Gasteiger partial charge is 0.382 e. The molecular weight excluding hydrogens is 942 g/mol. The third-order valence-corrected chi connectivity index (χ3v) is 13.3. The van der Waals surface area contributed by atoms with Crippen molar-refractivity contribution in [3.8, 4) is 11.3 Å². The summed E-state index contributed by atoms with van der Waals surface area (Å²) >= 11 is 12.0. The lowest BCUT2D eigenvalue weighted by atomic mass is 10.1. The number of carbonyl (C=O) groups excluding carboxylic acids is 2. The van der Waals surface area contributed by atoms with Crippen LogP contribution in [0.3, 0.4) is 0 Å². The molecular formula is C44H43Cl2N13O6S2. The van der Waals surface area contributed by atoms with Crippen LogP contribution in [0.1, 0.15) is 45.7 Å². The van der Waals surface area contributed by atoms with Crippen molar-refractivity contribution in [2.75, 3.05) is 37.6 Å². The van der Waals surface area contributed by atoms with Crippen molar-refractivity contribution in [3.63, 3.8) is 0 Å². The molecule has 67 heavy (non-hydrogen) atoms. The van der Waals surface area contributed by atoms with Crippen LogP contribution in [0.4, 0.5) is 40.3 Å². The Kier molecular flexibility index (Phi) is 13.3. The Balaban J connectivity index is 0.000000150. The number of anilines is 7. The van der Waals surface area contributed by atoms with Crippen LogP contribution in [-0.4, -0.2) is 60.9 Å².